The Balaban J connectivity index is 2.64. The number of aromatic hydroxyl groups is 1. The first-order chi connectivity index (χ1) is 8.63. The van der Waals surface area contributed by atoms with Gasteiger partial charge in [-0.3, -0.25) is 19.3 Å². The molecule has 92 valence electrons. The third kappa shape index (κ3) is 2.23. The van der Waals surface area contributed by atoms with E-state index in [-0.39, 0.29) is 16.2 Å². The van der Waals surface area contributed by atoms with Gasteiger partial charge in [-0.1, -0.05) is 6.08 Å². The number of rotatable bonds is 3. The SMILES string of the molecule is C=CCn1c(O)c(C=C2C=CC=N2)c(=O)[nH]c1=S. The van der Waals surface area contributed by atoms with E-state index in [4.69, 9.17) is 12.2 Å². The summed E-state index contributed by atoms with van der Waals surface area (Å²) in [6, 6.07) is 0. The lowest BCUT2D eigenvalue weighted by atomic mass is 10.2. The van der Waals surface area contributed by atoms with Crippen LogP contribution in [0.2, 0.25) is 0 Å². The van der Waals surface area contributed by atoms with E-state index >= 15 is 0 Å². The fourth-order valence-corrected chi connectivity index (χ4v) is 1.80. The summed E-state index contributed by atoms with van der Waals surface area (Å²) in [5.74, 6) is -0.188. The number of nitrogens with one attached hydrogen (secondary N) is 1. The molecule has 2 heterocycles. The average molecular weight is 261 g/mol. The van der Waals surface area contributed by atoms with Gasteiger partial charge in [0, 0.05) is 12.8 Å². The van der Waals surface area contributed by atoms with E-state index in [0.29, 0.717) is 12.2 Å². The van der Waals surface area contributed by atoms with Crippen molar-refractivity contribution in [2.45, 2.75) is 6.54 Å². The third-order valence-electron chi connectivity index (χ3n) is 2.39. The lowest BCUT2D eigenvalue weighted by Crippen LogP contribution is -2.16. The summed E-state index contributed by atoms with van der Waals surface area (Å²) in [6.07, 6.45) is 8.17. The van der Waals surface area contributed by atoms with Gasteiger partial charge in [-0.15, -0.1) is 6.58 Å². The lowest BCUT2D eigenvalue weighted by Gasteiger charge is -2.08. The van der Waals surface area contributed by atoms with Gasteiger partial charge in [0.25, 0.3) is 5.56 Å². The summed E-state index contributed by atoms with van der Waals surface area (Å²) < 4.78 is 1.54. The van der Waals surface area contributed by atoms with Crippen LogP contribution in [0.5, 0.6) is 5.88 Å². The first-order valence-corrected chi connectivity index (χ1v) is 5.63. The molecule has 0 spiro atoms. The van der Waals surface area contributed by atoms with E-state index < -0.39 is 5.56 Å². The van der Waals surface area contributed by atoms with Crippen molar-refractivity contribution in [1.82, 2.24) is 9.55 Å². The number of aromatic amines is 1. The minimum Gasteiger partial charge on any atom is -0.494 e. The van der Waals surface area contributed by atoms with Crippen molar-refractivity contribution in [2.24, 2.45) is 4.99 Å². The number of aliphatic imine (C=N–C) groups is 1. The molecule has 0 saturated heterocycles. The van der Waals surface area contributed by atoms with E-state index in [1.54, 1.807) is 24.4 Å². The molecular formula is C12H11N3O2S. The van der Waals surface area contributed by atoms with Crippen LogP contribution in [-0.2, 0) is 6.54 Å². The van der Waals surface area contributed by atoms with Crippen molar-refractivity contribution in [3.05, 3.63) is 51.2 Å². The molecule has 0 bridgehead atoms. The van der Waals surface area contributed by atoms with Gasteiger partial charge in [0.05, 0.1) is 5.70 Å². The van der Waals surface area contributed by atoms with Crippen molar-refractivity contribution in [3.8, 4) is 5.88 Å². The summed E-state index contributed by atoms with van der Waals surface area (Å²) in [7, 11) is 0. The van der Waals surface area contributed by atoms with Gasteiger partial charge < -0.3 is 5.11 Å². The van der Waals surface area contributed by atoms with Gasteiger partial charge in [0.15, 0.2) is 4.77 Å². The molecule has 5 nitrogen and oxygen atoms in total. The molecule has 0 fully saturated rings. The second-order valence-corrected chi connectivity index (χ2v) is 3.99. The van der Waals surface area contributed by atoms with Gasteiger partial charge in [0.2, 0.25) is 5.88 Å². The maximum atomic E-state index is 11.8. The number of allylic oxidation sites excluding steroid dienone is 3. The third-order valence-corrected chi connectivity index (χ3v) is 2.71. The van der Waals surface area contributed by atoms with Crippen molar-refractivity contribution in [3.63, 3.8) is 0 Å². The highest BCUT2D eigenvalue weighted by Gasteiger charge is 2.10. The van der Waals surface area contributed by atoms with Crippen LogP contribution in [0.25, 0.3) is 6.08 Å². The summed E-state index contributed by atoms with van der Waals surface area (Å²) >= 11 is 4.97. The Labute approximate surface area is 108 Å². The largest absolute Gasteiger partial charge is 0.494 e. The Hall–Kier alpha value is -2.21. The number of hydrogen-bond donors (Lipinski definition) is 2. The molecule has 2 N–H and O–H groups in total. The maximum absolute atomic E-state index is 11.8. The highest BCUT2D eigenvalue weighted by atomic mass is 32.1. The second-order valence-electron chi connectivity index (χ2n) is 3.60. The Kier molecular flexibility index (Phi) is 3.38. The smallest absolute Gasteiger partial charge is 0.262 e. The molecule has 1 aliphatic heterocycles. The van der Waals surface area contributed by atoms with Crippen molar-refractivity contribution < 1.29 is 5.11 Å². The van der Waals surface area contributed by atoms with E-state index in [1.165, 1.54) is 10.6 Å². The Morgan fingerprint density at radius 2 is 2.39 bits per heavy atom. The van der Waals surface area contributed by atoms with E-state index in [9.17, 15) is 9.90 Å². The monoisotopic (exact) mass is 261 g/mol. The van der Waals surface area contributed by atoms with Crippen molar-refractivity contribution in [1.29, 1.82) is 0 Å². The van der Waals surface area contributed by atoms with Crippen LogP contribution in [0.3, 0.4) is 0 Å². The van der Waals surface area contributed by atoms with Crippen LogP contribution in [0.1, 0.15) is 5.56 Å². The van der Waals surface area contributed by atoms with Crippen LogP contribution in [-0.4, -0.2) is 20.9 Å². The predicted molar refractivity (Wildman–Crippen MR) is 73.4 cm³/mol. The second kappa shape index (κ2) is 4.97. The molecule has 1 aliphatic rings. The number of H-pyrrole nitrogens is 1. The van der Waals surface area contributed by atoms with Gasteiger partial charge >= 0.3 is 0 Å². The number of aromatic nitrogens is 2. The van der Waals surface area contributed by atoms with Gasteiger partial charge in [-0.25, -0.2) is 0 Å². The highest BCUT2D eigenvalue weighted by molar-refractivity contribution is 7.71. The molecule has 1 aromatic rings. The highest BCUT2D eigenvalue weighted by Crippen LogP contribution is 2.18. The fraction of sp³-hybridized carbons (Fsp3) is 0.0833. The van der Waals surface area contributed by atoms with Crippen LogP contribution in [0.4, 0.5) is 0 Å². The fourth-order valence-electron chi connectivity index (χ4n) is 1.55. The number of nitrogens with zero attached hydrogens (tertiary/aromatic N) is 2. The number of hydrogen-bond acceptors (Lipinski definition) is 4. The Morgan fingerprint density at radius 3 is 3.00 bits per heavy atom. The maximum Gasteiger partial charge on any atom is 0.262 e. The quantitative estimate of drug-likeness (QED) is 0.643. The minimum absolute atomic E-state index is 0.129. The summed E-state index contributed by atoms with van der Waals surface area (Å²) in [5.41, 5.74) is 0.281. The van der Waals surface area contributed by atoms with Crippen molar-refractivity contribution >= 4 is 24.5 Å². The molecule has 0 amide bonds. The van der Waals surface area contributed by atoms with E-state index in [1.807, 2.05) is 0 Å². The van der Waals surface area contributed by atoms with Gasteiger partial charge in [0.1, 0.15) is 5.56 Å². The molecule has 0 unspecified atom stereocenters. The van der Waals surface area contributed by atoms with Gasteiger partial charge in [-0.05, 0) is 30.4 Å². The molecule has 2 rings (SSSR count). The summed E-state index contributed by atoms with van der Waals surface area (Å²) in [6.45, 7) is 3.89. The van der Waals surface area contributed by atoms with Crippen LogP contribution < -0.4 is 5.56 Å². The topological polar surface area (TPSA) is 70.4 Å². The molecule has 0 aliphatic carbocycles. The standard InChI is InChI=1S/C12H11N3O2S/c1-2-6-15-11(17)9(10(16)14-12(15)18)7-8-4-3-5-13-8/h2-5,7,17H,1,6H2,(H,14,16,18). The van der Waals surface area contributed by atoms with E-state index in [0.717, 1.165) is 0 Å². The van der Waals surface area contributed by atoms with Crippen molar-refractivity contribution in [2.75, 3.05) is 0 Å². The molecule has 0 saturated carbocycles. The van der Waals surface area contributed by atoms with Crippen LogP contribution >= 0.6 is 12.2 Å². The van der Waals surface area contributed by atoms with Gasteiger partial charge in [-0.2, -0.15) is 0 Å². The summed E-state index contributed by atoms with van der Waals surface area (Å²) in [4.78, 5) is 18.3. The zero-order valence-corrected chi connectivity index (χ0v) is 10.3. The normalized spacial score (nSPS) is 15.4. The zero-order chi connectivity index (χ0) is 13.1. The first-order valence-electron chi connectivity index (χ1n) is 5.23. The Bertz CT molecular complexity index is 678. The molecule has 1 aromatic heterocycles. The first kappa shape index (κ1) is 12.3. The zero-order valence-electron chi connectivity index (χ0n) is 9.46. The molecule has 0 aromatic carbocycles. The molecule has 6 heteroatoms. The molecular weight excluding hydrogens is 250 g/mol. The predicted octanol–water partition coefficient (Wildman–Crippen LogP) is 1.78. The Morgan fingerprint density at radius 1 is 1.61 bits per heavy atom. The molecule has 0 atom stereocenters. The molecule has 0 radical (unpaired) electrons. The lowest BCUT2D eigenvalue weighted by molar-refractivity contribution is 0.412. The van der Waals surface area contributed by atoms with E-state index in [2.05, 4.69) is 16.6 Å². The summed E-state index contributed by atoms with van der Waals surface area (Å²) in [5, 5.41) is 10.0. The molecule has 18 heavy (non-hydrogen) atoms. The van der Waals surface area contributed by atoms with Crippen LogP contribution in [0.15, 0.2) is 40.3 Å². The average Bonchev–Trinajstić information content (AvgIpc) is 2.83. The van der Waals surface area contributed by atoms with Crippen LogP contribution in [0, 0.1) is 4.77 Å². The minimum atomic E-state index is -0.444.